The van der Waals surface area contributed by atoms with Crippen molar-refractivity contribution in [2.45, 2.75) is 557 Å². The maximum atomic E-state index is 15.3. The van der Waals surface area contributed by atoms with Gasteiger partial charge in [-0.05, 0) is 57.8 Å². The topological polar surface area (TPSA) is 417 Å². The van der Waals surface area contributed by atoms with Gasteiger partial charge >= 0.3 is 39.5 Å². The monoisotopic (exact) mass is 1800 g/mol. The number of unbranched alkanes of at least 4 members (excludes halogenated alkanes) is 49. The Morgan fingerprint density at radius 2 is 0.659 bits per heavy atom. The van der Waals surface area contributed by atoms with Crippen LogP contribution in [-0.2, 0) is 75.4 Å². The van der Waals surface area contributed by atoms with Crippen molar-refractivity contribution in [1.82, 2.24) is 10.6 Å². The first kappa shape index (κ1) is 116. The van der Waals surface area contributed by atoms with Gasteiger partial charge in [-0.15, -0.1) is 0 Å². The first-order valence-corrected chi connectivity index (χ1v) is 52.8. The second kappa shape index (κ2) is 74.4. The largest absolute Gasteiger partial charge is 0.472 e. The molecule has 0 aromatic heterocycles. The van der Waals surface area contributed by atoms with Crippen molar-refractivity contribution in [2.75, 3.05) is 6.61 Å². The Hall–Kier alpha value is -3.24. The second-order valence-corrected chi connectivity index (χ2v) is 38.1. The van der Waals surface area contributed by atoms with Gasteiger partial charge in [0.05, 0.1) is 44.1 Å². The van der Waals surface area contributed by atoms with E-state index in [1.165, 1.54) is 51.4 Å². The zero-order chi connectivity index (χ0) is 90.6. The van der Waals surface area contributed by atoms with E-state index in [1.54, 1.807) is 0 Å². The minimum atomic E-state index is -5.81. The van der Waals surface area contributed by atoms with Crippen molar-refractivity contribution in [3.05, 3.63) is 0 Å². The van der Waals surface area contributed by atoms with Gasteiger partial charge in [-0.1, -0.05) is 369 Å². The van der Waals surface area contributed by atoms with Crippen molar-refractivity contribution >= 4 is 51.3 Å². The number of hydrogen-bond donors (Lipinski definition) is 11. The minimum absolute atomic E-state index is 0.0512. The molecule has 0 aliphatic carbocycles. The van der Waals surface area contributed by atoms with E-state index in [-0.39, 0.29) is 38.5 Å². The standard InChI is InChI=1S/C94H178N2O25P2/c1-7-13-19-25-31-37-38-43-49-54-60-66-81(102)114-76(64-58-52-46-36-30-24-18-12-6)68-69-83(104)117-92-85(95-80(101)72-77(65-59-53-47-41-34-28-22-16-10-4)115-82(103)67-61-55-48-42-35-29-23-17-11-5)90(116-78(73-97)89(92)120-122(108,109)110)87(106)93-88(107)91(118-84(105)71-75(99)63-57-51-45-40-33-27-21-15-9-3)86(94(119-93)121-123(111,112)113)96-79(100)70-74(98)62-56-50-44-39-32-26-20-14-8-2/h74-78,85-94,97-99,106-107H,7-73H2,1-6H3,(H,95,101)(H,96,100)(H2,108,109,110)(H2,111,112,113)/t74-,75-,76-,77-,78-,85-,86+,87?,88+,89-,90-,91-,92-,93-,94-/m1/s1. The number of phosphoric ester groups is 2. The van der Waals surface area contributed by atoms with E-state index in [1.807, 2.05) is 0 Å². The molecule has 0 aromatic carbocycles. The third-order valence-corrected chi connectivity index (χ3v) is 25.1. The predicted octanol–water partition coefficient (Wildman–Crippen LogP) is 20.0. The average molecular weight is 1800 g/mol. The molecule has 2 heterocycles. The Kier molecular flexibility index (Phi) is 70.1. The molecule has 15 atom stereocenters. The first-order chi connectivity index (χ1) is 59.2. The van der Waals surface area contributed by atoms with Crippen LogP contribution in [0, 0.1) is 0 Å². The van der Waals surface area contributed by atoms with Crippen molar-refractivity contribution < 1.29 is 120 Å². The molecule has 2 rings (SSSR count). The van der Waals surface area contributed by atoms with Gasteiger partial charge < -0.3 is 84.2 Å². The Bertz CT molecular complexity index is 2730. The number of esters is 4. The number of rotatable bonds is 83. The van der Waals surface area contributed by atoms with Crippen LogP contribution >= 0.6 is 15.6 Å². The van der Waals surface area contributed by atoms with E-state index in [0.29, 0.717) is 44.9 Å². The number of hydrogen-bond acceptors (Lipinski definition) is 21. The van der Waals surface area contributed by atoms with Crippen LogP contribution in [0.5, 0.6) is 0 Å². The van der Waals surface area contributed by atoms with Crippen LogP contribution in [0.2, 0.25) is 0 Å². The zero-order valence-electron chi connectivity index (χ0n) is 77.5. The normalized spacial score (nSPS) is 20.6. The van der Waals surface area contributed by atoms with Crippen molar-refractivity contribution in [1.29, 1.82) is 0 Å². The molecule has 123 heavy (non-hydrogen) atoms. The fraction of sp³-hybridized carbons (Fsp3) is 0.936. The highest BCUT2D eigenvalue weighted by Gasteiger charge is 2.59. The van der Waals surface area contributed by atoms with Crippen molar-refractivity contribution in [3.63, 3.8) is 0 Å². The molecule has 2 fully saturated rings. The number of carbonyl (C=O) groups excluding carboxylic acids is 6. The Morgan fingerprint density at radius 3 is 1.04 bits per heavy atom. The predicted molar refractivity (Wildman–Crippen MR) is 481 cm³/mol. The van der Waals surface area contributed by atoms with E-state index >= 15 is 4.79 Å². The van der Waals surface area contributed by atoms with Gasteiger partial charge in [-0.2, -0.15) is 0 Å². The molecular formula is C94H178N2O25P2. The molecule has 29 heteroatoms. The van der Waals surface area contributed by atoms with Crippen LogP contribution in [0.4, 0.5) is 0 Å². The van der Waals surface area contributed by atoms with Gasteiger partial charge in [0, 0.05) is 19.3 Å². The third kappa shape index (κ3) is 59.6. The lowest BCUT2D eigenvalue weighted by Gasteiger charge is -2.50. The molecule has 0 aromatic rings. The van der Waals surface area contributed by atoms with E-state index < -0.39 is 175 Å². The Balaban J connectivity index is 2.90. The van der Waals surface area contributed by atoms with Crippen LogP contribution in [0.3, 0.4) is 0 Å². The molecule has 0 spiro atoms. The van der Waals surface area contributed by atoms with Crippen molar-refractivity contribution in [3.8, 4) is 0 Å². The summed E-state index contributed by atoms with van der Waals surface area (Å²) in [6.07, 6.45) is 28.2. The van der Waals surface area contributed by atoms with Crippen LogP contribution in [-0.4, -0.2) is 179 Å². The number of carbonyl (C=O) groups is 6. The highest BCUT2D eigenvalue weighted by molar-refractivity contribution is 7.46. The lowest BCUT2D eigenvalue weighted by atomic mass is 9.84. The van der Waals surface area contributed by atoms with E-state index in [9.17, 15) is 78.2 Å². The fourth-order valence-corrected chi connectivity index (χ4v) is 17.9. The molecule has 0 radical (unpaired) electrons. The van der Waals surface area contributed by atoms with Gasteiger partial charge in [-0.3, -0.25) is 37.8 Å². The number of nitrogens with one attached hydrogen (secondary N) is 2. The second-order valence-electron chi connectivity index (χ2n) is 35.7. The van der Waals surface area contributed by atoms with Gasteiger partial charge in [-0.25, -0.2) is 9.13 Å². The Labute approximate surface area is 742 Å². The zero-order valence-corrected chi connectivity index (χ0v) is 79.3. The Morgan fingerprint density at radius 1 is 0.333 bits per heavy atom. The van der Waals surface area contributed by atoms with Crippen LogP contribution in [0.15, 0.2) is 0 Å². The van der Waals surface area contributed by atoms with Gasteiger partial charge in [0.2, 0.25) is 11.8 Å². The highest BCUT2D eigenvalue weighted by Crippen LogP contribution is 2.45. The number of aliphatic hydroxyl groups is 5. The summed E-state index contributed by atoms with van der Waals surface area (Å²) in [6.45, 7) is 11.8. The molecule has 2 aliphatic heterocycles. The summed E-state index contributed by atoms with van der Waals surface area (Å²) in [7, 11) is -11.6. The van der Waals surface area contributed by atoms with Crippen LogP contribution in [0.1, 0.15) is 465 Å². The van der Waals surface area contributed by atoms with Crippen LogP contribution < -0.4 is 10.6 Å². The number of aliphatic hydroxyl groups excluding tert-OH is 5. The average Bonchev–Trinajstić information content (AvgIpc) is 0.757. The number of phosphoric acid groups is 2. The maximum Gasteiger partial charge on any atom is 0.472 e. The molecule has 27 nitrogen and oxygen atoms in total. The van der Waals surface area contributed by atoms with Crippen LogP contribution in [0.25, 0.3) is 0 Å². The van der Waals surface area contributed by atoms with Crippen molar-refractivity contribution in [2.24, 2.45) is 0 Å². The van der Waals surface area contributed by atoms with E-state index in [4.69, 9.17) is 37.5 Å². The first-order valence-electron chi connectivity index (χ1n) is 49.7. The SMILES string of the molecule is CCCCCCCCCCCCCC(=O)O[C@H](CCCCCCCCCC)CCC(=O)O[C@@H]1[C@H](NC(=O)C[C@@H](CCCCCCCCCCC)OC(=O)CCCCCCCCCCC)[C@H](C(O)[C@H]2O[C@H](OP(=O)(O)O)[C@@H](NC(=O)C[C@H](O)CCCCCCCCCCC)[C@@H](OC(=O)C[C@H](O)CCCCCCCCCCC)[C@@H]2O)O[C@H](CO)[C@H]1OP(=O)(O)O. The van der Waals surface area contributed by atoms with E-state index in [2.05, 4.69) is 52.2 Å². The molecule has 2 aliphatic rings. The molecule has 2 saturated heterocycles. The molecule has 724 valence electrons. The quantitative estimate of drug-likeness (QED) is 0.0117. The molecule has 0 saturated carbocycles. The molecular weight excluding hydrogens is 1620 g/mol. The summed E-state index contributed by atoms with van der Waals surface area (Å²) in [5.74, 6) is -5.25. The molecule has 0 bridgehead atoms. The number of amides is 2. The minimum Gasteiger partial charge on any atom is -0.462 e. The fourth-order valence-electron chi connectivity index (χ4n) is 16.9. The van der Waals surface area contributed by atoms with Gasteiger partial charge in [0.15, 0.2) is 18.5 Å². The molecule has 1 unspecified atom stereocenters. The number of ether oxygens (including phenoxy) is 6. The maximum absolute atomic E-state index is 15.3. The third-order valence-electron chi connectivity index (χ3n) is 24.1. The highest BCUT2D eigenvalue weighted by atomic mass is 31.2. The smallest absolute Gasteiger partial charge is 0.462 e. The summed E-state index contributed by atoms with van der Waals surface area (Å²) in [4.78, 5) is 129. The van der Waals surface area contributed by atoms with E-state index in [0.717, 1.165) is 263 Å². The molecule has 11 N–H and O–H groups in total. The lowest BCUT2D eigenvalue weighted by molar-refractivity contribution is -0.289. The summed E-state index contributed by atoms with van der Waals surface area (Å²) in [6, 6.07) is -4.17. The van der Waals surface area contributed by atoms with Gasteiger partial charge in [0.25, 0.3) is 0 Å². The van der Waals surface area contributed by atoms with Gasteiger partial charge in [0.1, 0.15) is 54.9 Å². The summed E-state index contributed by atoms with van der Waals surface area (Å²) >= 11 is 0. The summed E-state index contributed by atoms with van der Waals surface area (Å²) in [5.41, 5.74) is 0. The lowest BCUT2D eigenvalue weighted by Crippen LogP contribution is -2.72. The summed E-state index contributed by atoms with van der Waals surface area (Å²) < 4.78 is 74.0. The molecule has 2 amide bonds. The summed E-state index contributed by atoms with van der Waals surface area (Å²) in [5, 5.41) is 65.1.